The Hall–Kier alpha value is -0.160. The Morgan fingerprint density at radius 3 is 2.08 bits per heavy atom. The van der Waals surface area contributed by atoms with Crippen LogP contribution in [0.1, 0.15) is 27.2 Å². The summed E-state index contributed by atoms with van der Waals surface area (Å²) >= 11 is 0. The average Bonchev–Trinajstić information content (AvgIpc) is 2.11. The molecule has 80 valence electrons. The molecule has 0 bridgehead atoms. The molecule has 0 fully saturated rings. The average molecular weight is 192 g/mol. The molecule has 0 aliphatic rings. The van der Waals surface area contributed by atoms with Gasteiger partial charge in [0.15, 0.2) is 0 Å². The molecule has 0 heterocycles. The molecule has 4 atom stereocenters. The smallest absolute Gasteiger partial charge is 0.107 e. The summed E-state index contributed by atoms with van der Waals surface area (Å²) in [6.45, 7) is 4.88. The highest BCUT2D eigenvalue weighted by atomic mass is 16.5. The van der Waals surface area contributed by atoms with Crippen molar-refractivity contribution < 1.29 is 20.1 Å². The first kappa shape index (κ1) is 12.8. The molecule has 0 saturated carbocycles. The summed E-state index contributed by atoms with van der Waals surface area (Å²) in [5.74, 6) is 0. The van der Waals surface area contributed by atoms with Crippen LogP contribution in [0.15, 0.2) is 0 Å². The first-order valence-corrected chi connectivity index (χ1v) is 4.65. The summed E-state index contributed by atoms with van der Waals surface area (Å²) in [7, 11) is 0. The lowest BCUT2D eigenvalue weighted by atomic mass is 10.1. The molecule has 0 aliphatic carbocycles. The molecule has 0 aromatic carbocycles. The van der Waals surface area contributed by atoms with Crippen molar-refractivity contribution in [1.82, 2.24) is 0 Å². The predicted molar refractivity (Wildman–Crippen MR) is 49.4 cm³/mol. The zero-order valence-corrected chi connectivity index (χ0v) is 8.47. The van der Waals surface area contributed by atoms with Crippen LogP contribution in [-0.4, -0.2) is 46.3 Å². The third kappa shape index (κ3) is 4.57. The molecule has 0 saturated heterocycles. The molecule has 0 amide bonds. The maximum atomic E-state index is 9.36. The Morgan fingerprint density at radius 2 is 1.77 bits per heavy atom. The van der Waals surface area contributed by atoms with Gasteiger partial charge in [0.25, 0.3) is 0 Å². The normalized spacial score (nSPS) is 20.8. The van der Waals surface area contributed by atoms with Gasteiger partial charge in [-0.2, -0.15) is 0 Å². The summed E-state index contributed by atoms with van der Waals surface area (Å²) in [4.78, 5) is 0. The van der Waals surface area contributed by atoms with Gasteiger partial charge in [0.05, 0.1) is 24.9 Å². The fourth-order valence-electron chi connectivity index (χ4n) is 1.01. The van der Waals surface area contributed by atoms with E-state index in [1.54, 1.807) is 13.8 Å². The second kappa shape index (κ2) is 6.32. The lowest BCUT2D eigenvalue weighted by molar-refractivity contribution is -0.120. The van der Waals surface area contributed by atoms with Crippen LogP contribution in [-0.2, 0) is 4.74 Å². The standard InChI is InChI=1S/C9H20O4/c1-4-8(12)7(3)13-9(5-10)6(2)11/h6-12H,4-5H2,1-3H3/t6-,7?,8+,9?/m1/s1. The number of ether oxygens (including phenoxy) is 1. The summed E-state index contributed by atoms with van der Waals surface area (Å²) in [6.07, 6.45) is -1.66. The van der Waals surface area contributed by atoms with Crippen molar-refractivity contribution in [3.8, 4) is 0 Å². The van der Waals surface area contributed by atoms with E-state index in [1.165, 1.54) is 0 Å². The van der Waals surface area contributed by atoms with E-state index < -0.39 is 18.3 Å². The molecule has 0 aromatic rings. The second-order valence-electron chi connectivity index (χ2n) is 3.28. The molecular weight excluding hydrogens is 172 g/mol. The van der Waals surface area contributed by atoms with Crippen molar-refractivity contribution in [1.29, 1.82) is 0 Å². The van der Waals surface area contributed by atoms with Crippen LogP contribution in [0.4, 0.5) is 0 Å². The third-order valence-corrected chi connectivity index (χ3v) is 2.07. The molecule has 0 spiro atoms. The quantitative estimate of drug-likeness (QED) is 0.550. The molecule has 0 aromatic heterocycles. The molecule has 4 nitrogen and oxygen atoms in total. The highest BCUT2D eigenvalue weighted by molar-refractivity contribution is 4.69. The molecule has 4 heteroatoms. The number of hydrogen-bond donors (Lipinski definition) is 3. The summed E-state index contributed by atoms with van der Waals surface area (Å²) in [5, 5.41) is 27.3. The number of aliphatic hydroxyl groups is 3. The highest BCUT2D eigenvalue weighted by Gasteiger charge is 2.21. The van der Waals surface area contributed by atoms with Crippen LogP contribution in [0.2, 0.25) is 0 Å². The minimum atomic E-state index is -0.725. The van der Waals surface area contributed by atoms with E-state index in [2.05, 4.69) is 0 Å². The fourth-order valence-corrected chi connectivity index (χ4v) is 1.01. The summed E-state index contributed by atoms with van der Waals surface area (Å²) in [6, 6.07) is 0. The summed E-state index contributed by atoms with van der Waals surface area (Å²) < 4.78 is 5.26. The van der Waals surface area contributed by atoms with E-state index in [-0.39, 0.29) is 12.7 Å². The van der Waals surface area contributed by atoms with Gasteiger partial charge in [0.2, 0.25) is 0 Å². The maximum Gasteiger partial charge on any atom is 0.107 e. The van der Waals surface area contributed by atoms with Crippen molar-refractivity contribution in [3.05, 3.63) is 0 Å². The largest absolute Gasteiger partial charge is 0.394 e. The highest BCUT2D eigenvalue weighted by Crippen LogP contribution is 2.08. The maximum absolute atomic E-state index is 9.36. The van der Waals surface area contributed by atoms with Gasteiger partial charge in [-0.15, -0.1) is 0 Å². The Kier molecular flexibility index (Phi) is 6.24. The Bertz CT molecular complexity index is 127. The molecular formula is C9H20O4. The van der Waals surface area contributed by atoms with Gasteiger partial charge in [-0.05, 0) is 20.3 Å². The van der Waals surface area contributed by atoms with E-state index in [4.69, 9.17) is 14.9 Å². The minimum Gasteiger partial charge on any atom is -0.394 e. The Morgan fingerprint density at radius 1 is 1.23 bits per heavy atom. The minimum absolute atomic E-state index is 0.238. The van der Waals surface area contributed by atoms with Crippen LogP contribution in [0, 0.1) is 0 Å². The Labute approximate surface area is 79.2 Å². The van der Waals surface area contributed by atoms with Crippen molar-refractivity contribution in [3.63, 3.8) is 0 Å². The zero-order chi connectivity index (χ0) is 10.4. The first-order chi connectivity index (χ1) is 6.02. The van der Waals surface area contributed by atoms with Crippen molar-refractivity contribution >= 4 is 0 Å². The molecule has 2 unspecified atom stereocenters. The third-order valence-electron chi connectivity index (χ3n) is 2.07. The van der Waals surface area contributed by atoms with Crippen LogP contribution in [0.25, 0.3) is 0 Å². The van der Waals surface area contributed by atoms with Crippen LogP contribution in [0.3, 0.4) is 0 Å². The van der Waals surface area contributed by atoms with Gasteiger partial charge in [0.1, 0.15) is 6.10 Å². The number of hydrogen-bond acceptors (Lipinski definition) is 4. The zero-order valence-electron chi connectivity index (χ0n) is 8.47. The van der Waals surface area contributed by atoms with E-state index >= 15 is 0 Å². The number of aliphatic hydroxyl groups excluding tert-OH is 3. The van der Waals surface area contributed by atoms with Crippen LogP contribution >= 0.6 is 0 Å². The van der Waals surface area contributed by atoms with Crippen molar-refractivity contribution in [2.24, 2.45) is 0 Å². The SMILES string of the molecule is CC[C@H](O)C(C)OC(CO)[C@@H](C)O. The molecule has 0 radical (unpaired) electrons. The Balaban J connectivity index is 3.93. The first-order valence-electron chi connectivity index (χ1n) is 4.65. The molecule has 3 N–H and O–H groups in total. The van der Waals surface area contributed by atoms with Gasteiger partial charge in [-0.25, -0.2) is 0 Å². The second-order valence-corrected chi connectivity index (χ2v) is 3.28. The molecule has 0 rings (SSSR count). The lowest BCUT2D eigenvalue weighted by Gasteiger charge is -2.25. The number of rotatable bonds is 6. The van der Waals surface area contributed by atoms with Crippen LogP contribution < -0.4 is 0 Å². The van der Waals surface area contributed by atoms with Crippen molar-refractivity contribution in [2.45, 2.75) is 51.6 Å². The van der Waals surface area contributed by atoms with E-state index in [9.17, 15) is 5.11 Å². The van der Waals surface area contributed by atoms with Gasteiger partial charge in [-0.3, -0.25) is 0 Å². The van der Waals surface area contributed by atoms with Gasteiger partial charge < -0.3 is 20.1 Å². The van der Waals surface area contributed by atoms with Gasteiger partial charge in [0, 0.05) is 0 Å². The monoisotopic (exact) mass is 192 g/mol. The van der Waals surface area contributed by atoms with Gasteiger partial charge in [-0.1, -0.05) is 6.92 Å². The topological polar surface area (TPSA) is 69.9 Å². The lowest BCUT2D eigenvalue weighted by Crippen LogP contribution is -2.37. The molecule has 13 heavy (non-hydrogen) atoms. The predicted octanol–water partition coefficient (Wildman–Crippen LogP) is -0.0959. The van der Waals surface area contributed by atoms with Crippen molar-refractivity contribution in [2.75, 3.05) is 6.61 Å². The van der Waals surface area contributed by atoms with Gasteiger partial charge >= 0.3 is 0 Å². The van der Waals surface area contributed by atoms with E-state index in [1.807, 2.05) is 6.92 Å². The van der Waals surface area contributed by atoms with E-state index in [0.717, 1.165) is 0 Å². The summed E-state index contributed by atoms with van der Waals surface area (Å²) in [5.41, 5.74) is 0. The molecule has 0 aliphatic heterocycles. The van der Waals surface area contributed by atoms with E-state index in [0.29, 0.717) is 6.42 Å². The van der Waals surface area contributed by atoms with Crippen LogP contribution in [0.5, 0.6) is 0 Å². The fraction of sp³-hybridized carbons (Fsp3) is 1.00.